The van der Waals surface area contributed by atoms with Gasteiger partial charge in [0, 0.05) is 13.1 Å². The lowest BCUT2D eigenvalue weighted by Gasteiger charge is -2.29. The Hall–Kier alpha value is -3.15. The first-order valence-electron chi connectivity index (χ1n) is 10.0. The molecular formula is C23H25N3O3. The average molecular weight is 391 g/mol. The maximum atomic E-state index is 12.8. The topological polar surface area (TPSA) is 69.7 Å². The number of nitrogens with zero attached hydrogens (tertiary/aromatic N) is 2. The highest BCUT2D eigenvalue weighted by Crippen LogP contribution is 2.25. The Kier molecular flexibility index (Phi) is 5.09. The lowest BCUT2D eigenvalue weighted by Crippen LogP contribution is -2.41. The molecule has 4 rings (SSSR count). The number of carbonyl (C=O) groups is 3. The minimum absolute atomic E-state index is 0.0205. The van der Waals surface area contributed by atoms with Crippen LogP contribution in [0.5, 0.6) is 0 Å². The van der Waals surface area contributed by atoms with Gasteiger partial charge in [0.25, 0.3) is 5.91 Å². The van der Waals surface area contributed by atoms with Crippen molar-refractivity contribution in [3.05, 3.63) is 65.2 Å². The summed E-state index contributed by atoms with van der Waals surface area (Å²) in [6.45, 7) is 5.35. The fourth-order valence-corrected chi connectivity index (χ4v) is 3.93. The Morgan fingerprint density at radius 1 is 1.07 bits per heavy atom. The number of benzene rings is 2. The van der Waals surface area contributed by atoms with Crippen LogP contribution in [0.25, 0.3) is 0 Å². The molecule has 6 heteroatoms. The highest BCUT2D eigenvalue weighted by atomic mass is 16.2. The zero-order valence-corrected chi connectivity index (χ0v) is 16.7. The Bertz CT molecular complexity index is 952. The molecule has 1 saturated heterocycles. The van der Waals surface area contributed by atoms with E-state index < -0.39 is 12.1 Å². The number of urea groups is 1. The number of amides is 4. The van der Waals surface area contributed by atoms with Crippen LogP contribution >= 0.6 is 0 Å². The summed E-state index contributed by atoms with van der Waals surface area (Å²) in [5.41, 5.74) is 4.07. The second-order valence-electron chi connectivity index (χ2n) is 7.96. The summed E-state index contributed by atoms with van der Waals surface area (Å²) < 4.78 is 0. The number of imide groups is 1. The normalized spacial score (nSPS) is 18.8. The Morgan fingerprint density at radius 3 is 2.45 bits per heavy atom. The van der Waals surface area contributed by atoms with Gasteiger partial charge in [-0.15, -0.1) is 0 Å². The Balaban J connectivity index is 1.43. The van der Waals surface area contributed by atoms with Crippen LogP contribution in [0.2, 0.25) is 0 Å². The average Bonchev–Trinajstić information content (AvgIpc) is 3.00. The van der Waals surface area contributed by atoms with Gasteiger partial charge >= 0.3 is 6.03 Å². The number of fused-ring (bicyclic) bond motifs is 1. The highest BCUT2D eigenvalue weighted by Gasteiger charge is 2.40. The third-order valence-electron chi connectivity index (χ3n) is 5.70. The predicted octanol–water partition coefficient (Wildman–Crippen LogP) is 3.21. The molecule has 0 spiro atoms. The van der Waals surface area contributed by atoms with Gasteiger partial charge in [-0.2, -0.15) is 0 Å². The molecule has 0 bridgehead atoms. The van der Waals surface area contributed by atoms with E-state index in [0.29, 0.717) is 24.7 Å². The molecule has 0 aliphatic carbocycles. The van der Waals surface area contributed by atoms with Crippen LogP contribution < -0.4 is 10.2 Å². The summed E-state index contributed by atoms with van der Waals surface area (Å²) in [5, 5.41) is 2.67. The van der Waals surface area contributed by atoms with Crippen LogP contribution in [0.4, 0.5) is 10.5 Å². The summed E-state index contributed by atoms with van der Waals surface area (Å²) in [4.78, 5) is 40.9. The van der Waals surface area contributed by atoms with Gasteiger partial charge in [0.15, 0.2) is 0 Å². The molecule has 29 heavy (non-hydrogen) atoms. The number of anilines is 1. The van der Waals surface area contributed by atoms with E-state index in [0.717, 1.165) is 22.4 Å². The summed E-state index contributed by atoms with van der Waals surface area (Å²) in [6.07, 6.45) is 0.786. The van der Waals surface area contributed by atoms with Crippen molar-refractivity contribution < 1.29 is 14.4 Å². The first-order valence-corrected chi connectivity index (χ1v) is 10.0. The van der Waals surface area contributed by atoms with E-state index in [2.05, 4.69) is 25.2 Å². The molecule has 0 unspecified atom stereocenters. The van der Waals surface area contributed by atoms with Crippen LogP contribution in [-0.2, 0) is 22.6 Å². The number of nitrogens with one attached hydrogen (secondary N) is 1. The number of hydrogen-bond acceptors (Lipinski definition) is 3. The summed E-state index contributed by atoms with van der Waals surface area (Å²) in [5.74, 6) is -0.125. The van der Waals surface area contributed by atoms with Crippen LogP contribution in [0.15, 0.2) is 48.5 Å². The molecule has 1 fully saturated rings. The molecule has 1 atom stereocenters. The maximum Gasteiger partial charge on any atom is 0.329 e. The van der Waals surface area contributed by atoms with Gasteiger partial charge in [-0.25, -0.2) is 9.69 Å². The second kappa shape index (κ2) is 7.70. The van der Waals surface area contributed by atoms with E-state index in [-0.39, 0.29) is 18.2 Å². The fraction of sp³-hybridized carbons (Fsp3) is 0.348. The third kappa shape index (κ3) is 3.75. The molecule has 0 radical (unpaired) electrons. The Labute approximate surface area is 170 Å². The minimum Gasteiger partial charge on any atom is -0.338 e. The molecule has 2 aliphatic rings. The summed E-state index contributed by atoms with van der Waals surface area (Å²) >= 11 is 0. The highest BCUT2D eigenvalue weighted by molar-refractivity contribution is 6.22. The van der Waals surface area contributed by atoms with Gasteiger partial charge in [-0.1, -0.05) is 50.2 Å². The van der Waals surface area contributed by atoms with Gasteiger partial charge < -0.3 is 10.2 Å². The second-order valence-corrected chi connectivity index (χ2v) is 7.96. The summed E-state index contributed by atoms with van der Waals surface area (Å²) in [6, 6.07) is 14.2. The molecular weight excluding hydrogens is 366 g/mol. The largest absolute Gasteiger partial charge is 0.338 e. The quantitative estimate of drug-likeness (QED) is 0.814. The van der Waals surface area contributed by atoms with Gasteiger partial charge in [0.1, 0.15) is 6.04 Å². The van der Waals surface area contributed by atoms with Crippen molar-refractivity contribution in [3.8, 4) is 0 Å². The van der Waals surface area contributed by atoms with E-state index in [4.69, 9.17) is 0 Å². The molecule has 4 amide bonds. The first-order chi connectivity index (χ1) is 13.9. The van der Waals surface area contributed by atoms with Crippen LogP contribution in [0, 0.1) is 0 Å². The van der Waals surface area contributed by atoms with Crippen molar-refractivity contribution >= 4 is 23.5 Å². The standard InChI is InChI=1S/C23H25N3O3/c1-15(2)16-7-9-19(10-8-16)26-22(28)20(24-23(26)29)13-21(27)25-12-11-17-5-3-4-6-18(17)14-25/h3-10,15,20H,11-14H2,1-2H3,(H,24,29)/t20-/m0/s1. The molecule has 2 aromatic rings. The van der Waals surface area contributed by atoms with Crippen molar-refractivity contribution in [2.75, 3.05) is 11.4 Å². The van der Waals surface area contributed by atoms with Gasteiger partial charge in [0.2, 0.25) is 5.91 Å². The molecule has 0 saturated carbocycles. The van der Waals surface area contributed by atoms with E-state index in [1.54, 1.807) is 17.0 Å². The minimum atomic E-state index is -0.822. The fourth-order valence-electron chi connectivity index (χ4n) is 3.93. The van der Waals surface area contributed by atoms with E-state index >= 15 is 0 Å². The maximum absolute atomic E-state index is 12.8. The molecule has 2 heterocycles. The van der Waals surface area contributed by atoms with Crippen LogP contribution in [0.1, 0.15) is 42.9 Å². The van der Waals surface area contributed by atoms with Crippen LogP contribution in [0.3, 0.4) is 0 Å². The molecule has 0 aromatic heterocycles. The smallest absolute Gasteiger partial charge is 0.329 e. The lowest BCUT2D eigenvalue weighted by molar-refractivity contribution is -0.134. The van der Waals surface area contributed by atoms with Crippen LogP contribution in [-0.4, -0.2) is 35.3 Å². The van der Waals surface area contributed by atoms with Crippen molar-refractivity contribution in [2.45, 2.75) is 45.2 Å². The molecule has 150 valence electrons. The zero-order chi connectivity index (χ0) is 20.5. The van der Waals surface area contributed by atoms with Gasteiger partial charge in [-0.3, -0.25) is 9.59 Å². The number of carbonyl (C=O) groups excluding carboxylic acids is 3. The van der Waals surface area contributed by atoms with E-state index in [1.165, 1.54) is 5.56 Å². The van der Waals surface area contributed by atoms with E-state index in [1.807, 2.05) is 30.3 Å². The van der Waals surface area contributed by atoms with Crippen molar-refractivity contribution in [1.29, 1.82) is 0 Å². The van der Waals surface area contributed by atoms with Crippen molar-refractivity contribution in [1.82, 2.24) is 10.2 Å². The van der Waals surface area contributed by atoms with Gasteiger partial charge in [-0.05, 0) is 41.2 Å². The zero-order valence-electron chi connectivity index (χ0n) is 16.7. The summed E-state index contributed by atoms with van der Waals surface area (Å²) in [7, 11) is 0. The van der Waals surface area contributed by atoms with Gasteiger partial charge in [0.05, 0.1) is 12.1 Å². The monoisotopic (exact) mass is 391 g/mol. The molecule has 6 nitrogen and oxygen atoms in total. The predicted molar refractivity (Wildman–Crippen MR) is 111 cm³/mol. The molecule has 1 N–H and O–H groups in total. The SMILES string of the molecule is CC(C)c1ccc(N2C(=O)N[C@@H](CC(=O)N3CCc4ccccc4C3)C2=O)cc1. The lowest BCUT2D eigenvalue weighted by atomic mass is 9.99. The third-order valence-corrected chi connectivity index (χ3v) is 5.70. The number of hydrogen-bond donors (Lipinski definition) is 1. The van der Waals surface area contributed by atoms with E-state index in [9.17, 15) is 14.4 Å². The number of rotatable bonds is 4. The first kappa shape index (κ1) is 19.2. The molecule has 2 aromatic carbocycles. The Morgan fingerprint density at radius 2 is 1.76 bits per heavy atom. The van der Waals surface area contributed by atoms with Crippen molar-refractivity contribution in [2.24, 2.45) is 0 Å². The van der Waals surface area contributed by atoms with Crippen molar-refractivity contribution in [3.63, 3.8) is 0 Å². The molecule has 2 aliphatic heterocycles.